The van der Waals surface area contributed by atoms with E-state index in [1.165, 1.54) is 6.07 Å². The lowest BCUT2D eigenvalue weighted by molar-refractivity contribution is -0.384. The highest BCUT2D eigenvalue weighted by atomic mass is 35.5. The van der Waals surface area contributed by atoms with Crippen LogP contribution in [0.2, 0.25) is 5.02 Å². The number of nitro groups is 1. The normalized spacial score (nSPS) is 14.5. The second-order valence-electron chi connectivity index (χ2n) is 6.39. The lowest BCUT2D eigenvalue weighted by atomic mass is 10.0. The summed E-state index contributed by atoms with van der Waals surface area (Å²) in [6.45, 7) is 2.00. The van der Waals surface area contributed by atoms with E-state index in [-0.39, 0.29) is 23.7 Å². The largest absolute Gasteiger partial charge is 0.373 e. The van der Waals surface area contributed by atoms with Gasteiger partial charge in [-0.05, 0) is 49.1 Å². The van der Waals surface area contributed by atoms with Crippen molar-refractivity contribution in [1.29, 1.82) is 0 Å². The Balaban J connectivity index is 1.84. The Hall–Kier alpha value is -2.60. The van der Waals surface area contributed by atoms with E-state index in [9.17, 15) is 14.9 Å². The summed E-state index contributed by atoms with van der Waals surface area (Å²) in [7, 11) is 0. The second-order valence-corrected chi connectivity index (χ2v) is 6.83. The summed E-state index contributed by atoms with van der Waals surface area (Å²) in [4.78, 5) is 23.2. The van der Waals surface area contributed by atoms with Gasteiger partial charge in [-0.15, -0.1) is 0 Å². The minimum absolute atomic E-state index is 0.0999. The van der Waals surface area contributed by atoms with Crippen molar-refractivity contribution in [2.75, 3.05) is 5.32 Å². The van der Waals surface area contributed by atoms with Gasteiger partial charge < -0.3 is 10.6 Å². The fourth-order valence-corrected chi connectivity index (χ4v) is 2.87. The van der Waals surface area contributed by atoms with E-state index in [0.29, 0.717) is 16.3 Å². The van der Waals surface area contributed by atoms with Crippen LogP contribution in [0.4, 0.5) is 11.4 Å². The maximum absolute atomic E-state index is 12.1. The molecule has 0 aromatic heterocycles. The molecule has 1 atom stereocenters. The van der Waals surface area contributed by atoms with E-state index in [1.54, 1.807) is 24.3 Å². The van der Waals surface area contributed by atoms with Crippen molar-refractivity contribution in [1.82, 2.24) is 5.32 Å². The Morgan fingerprint density at radius 3 is 2.54 bits per heavy atom. The summed E-state index contributed by atoms with van der Waals surface area (Å²) >= 11 is 5.93. The average molecular weight is 374 g/mol. The molecule has 0 aliphatic heterocycles. The van der Waals surface area contributed by atoms with Crippen LogP contribution < -0.4 is 10.6 Å². The minimum Gasteiger partial charge on any atom is -0.373 e. The molecule has 0 spiro atoms. The molecule has 2 aromatic rings. The number of carbonyl (C=O) groups is 1. The Morgan fingerprint density at radius 2 is 1.96 bits per heavy atom. The molecule has 1 aliphatic carbocycles. The molecule has 0 bridgehead atoms. The van der Waals surface area contributed by atoms with E-state index in [1.807, 2.05) is 19.1 Å². The molecule has 0 heterocycles. The van der Waals surface area contributed by atoms with Crippen LogP contribution >= 0.6 is 11.6 Å². The summed E-state index contributed by atoms with van der Waals surface area (Å²) in [6, 6.07) is 12.0. The molecule has 0 radical (unpaired) electrons. The highest BCUT2D eigenvalue weighted by Crippen LogP contribution is 2.31. The number of rotatable bonds is 7. The topological polar surface area (TPSA) is 84.3 Å². The first-order chi connectivity index (χ1) is 12.5. The fourth-order valence-electron chi connectivity index (χ4n) is 2.75. The van der Waals surface area contributed by atoms with Crippen molar-refractivity contribution in [3.63, 3.8) is 0 Å². The third-order valence-corrected chi connectivity index (χ3v) is 4.63. The van der Waals surface area contributed by atoms with Crippen LogP contribution in [-0.2, 0) is 0 Å². The average Bonchev–Trinajstić information content (AvgIpc) is 3.44. The van der Waals surface area contributed by atoms with Crippen LogP contribution in [0.3, 0.4) is 0 Å². The molecule has 26 heavy (non-hydrogen) atoms. The highest BCUT2D eigenvalue weighted by molar-refractivity contribution is 6.30. The van der Waals surface area contributed by atoms with Gasteiger partial charge in [0.2, 0.25) is 0 Å². The number of amides is 1. The molecule has 2 N–H and O–H groups in total. The van der Waals surface area contributed by atoms with Gasteiger partial charge in [0, 0.05) is 22.7 Å². The van der Waals surface area contributed by atoms with Gasteiger partial charge in [0.25, 0.3) is 11.6 Å². The molecule has 1 saturated carbocycles. The highest BCUT2D eigenvalue weighted by Gasteiger charge is 2.25. The SMILES string of the molecule is CCC(Nc1ccc(C(=O)NC2CC2)cc1[N+](=O)[O-])c1ccc(Cl)cc1. The predicted molar refractivity (Wildman–Crippen MR) is 102 cm³/mol. The van der Waals surface area contributed by atoms with Gasteiger partial charge in [-0.2, -0.15) is 0 Å². The zero-order valence-electron chi connectivity index (χ0n) is 14.4. The summed E-state index contributed by atoms with van der Waals surface area (Å²) in [5.74, 6) is -0.271. The predicted octanol–water partition coefficient (Wildman–Crippen LogP) is 4.70. The van der Waals surface area contributed by atoms with Gasteiger partial charge in [-0.3, -0.25) is 14.9 Å². The number of nitro benzene ring substituents is 1. The van der Waals surface area contributed by atoms with Crippen LogP contribution in [0, 0.1) is 10.1 Å². The lowest BCUT2D eigenvalue weighted by Crippen LogP contribution is -2.25. The molecule has 1 aliphatic rings. The number of hydrogen-bond acceptors (Lipinski definition) is 4. The van der Waals surface area contributed by atoms with Gasteiger partial charge in [-0.1, -0.05) is 30.7 Å². The third kappa shape index (κ3) is 4.32. The van der Waals surface area contributed by atoms with Crippen molar-refractivity contribution in [2.24, 2.45) is 0 Å². The van der Waals surface area contributed by atoms with E-state index in [4.69, 9.17) is 11.6 Å². The monoisotopic (exact) mass is 373 g/mol. The van der Waals surface area contributed by atoms with E-state index >= 15 is 0 Å². The van der Waals surface area contributed by atoms with E-state index in [0.717, 1.165) is 24.8 Å². The molecular weight excluding hydrogens is 354 g/mol. The standard InChI is InChI=1S/C19H20ClN3O3/c1-2-16(12-3-6-14(20)7-4-12)22-17-10-5-13(11-18(17)23(25)26)19(24)21-15-8-9-15/h3-7,10-11,15-16,22H,2,8-9H2,1H3,(H,21,24). The first-order valence-corrected chi connectivity index (χ1v) is 8.97. The molecule has 7 heteroatoms. The van der Waals surface area contributed by atoms with Crippen LogP contribution in [0.1, 0.15) is 48.1 Å². The Labute approximate surface area is 156 Å². The van der Waals surface area contributed by atoms with Crippen molar-refractivity contribution in [3.05, 3.63) is 68.7 Å². The molecule has 2 aromatic carbocycles. The number of nitrogens with one attached hydrogen (secondary N) is 2. The fraction of sp³-hybridized carbons (Fsp3) is 0.316. The number of nitrogens with zero attached hydrogens (tertiary/aromatic N) is 1. The molecule has 136 valence electrons. The quantitative estimate of drug-likeness (QED) is 0.544. The number of anilines is 1. The van der Waals surface area contributed by atoms with Crippen molar-refractivity contribution >= 4 is 28.9 Å². The molecule has 0 saturated heterocycles. The molecule has 1 unspecified atom stereocenters. The smallest absolute Gasteiger partial charge is 0.293 e. The zero-order valence-corrected chi connectivity index (χ0v) is 15.1. The minimum atomic E-state index is -0.467. The first kappa shape index (κ1) is 18.2. The number of hydrogen-bond donors (Lipinski definition) is 2. The van der Waals surface area contributed by atoms with Crippen LogP contribution in [0.15, 0.2) is 42.5 Å². The van der Waals surface area contributed by atoms with Gasteiger partial charge in [0.05, 0.1) is 11.0 Å². The van der Waals surface area contributed by atoms with E-state index < -0.39 is 4.92 Å². The first-order valence-electron chi connectivity index (χ1n) is 8.59. The lowest BCUT2D eigenvalue weighted by Gasteiger charge is -2.19. The number of carbonyl (C=O) groups excluding carboxylic acids is 1. The Bertz CT molecular complexity index is 819. The Kier molecular flexibility index (Phi) is 5.42. The number of benzene rings is 2. The zero-order chi connectivity index (χ0) is 18.7. The number of halogens is 1. The summed E-state index contributed by atoms with van der Waals surface area (Å²) < 4.78 is 0. The maximum Gasteiger partial charge on any atom is 0.293 e. The van der Waals surface area contributed by atoms with Crippen molar-refractivity contribution in [3.8, 4) is 0 Å². The van der Waals surface area contributed by atoms with Crippen LogP contribution in [0.5, 0.6) is 0 Å². The summed E-state index contributed by atoms with van der Waals surface area (Å²) in [5.41, 5.74) is 1.57. The van der Waals surface area contributed by atoms with Crippen molar-refractivity contribution < 1.29 is 9.72 Å². The van der Waals surface area contributed by atoms with Gasteiger partial charge in [-0.25, -0.2) is 0 Å². The Morgan fingerprint density at radius 1 is 1.27 bits per heavy atom. The molecule has 1 fully saturated rings. The van der Waals surface area contributed by atoms with Crippen LogP contribution in [-0.4, -0.2) is 16.9 Å². The van der Waals surface area contributed by atoms with Crippen molar-refractivity contribution in [2.45, 2.75) is 38.3 Å². The van der Waals surface area contributed by atoms with Crippen LogP contribution in [0.25, 0.3) is 0 Å². The summed E-state index contributed by atoms with van der Waals surface area (Å²) in [6.07, 6.45) is 2.67. The maximum atomic E-state index is 12.1. The third-order valence-electron chi connectivity index (χ3n) is 4.38. The molecular formula is C19H20ClN3O3. The molecule has 6 nitrogen and oxygen atoms in total. The van der Waals surface area contributed by atoms with Gasteiger partial charge in [0.15, 0.2) is 0 Å². The summed E-state index contributed by atoms with van der Waals surface area (Å²) in [5, 5.41) is 18.2. The second kappa shape index (κ2) is 7.74. The van der Waals surface area contributed by atoms with Gasteiger partial charge >= 0.3 is 0 Å². The van der Waals surface area contributed by atoms with Gasteiger partial charge in [0.1, 0.15) is 5.69 Å². The van der Waals surface area contributed by atoms with E-state index in [2.05, 4.69) is 10.6 Å². The molecule has 1 amide bonds. The molecule has 3 rings (SSSR count).